The van der Waals surface area contributed by atoms with Gasteiger partial charge in [-0.15, -0.1) is 0 Å². The smallest absolute Gasteiger partial charge is 0.248 e. The summed E-state index contributed by atoms with van der Waals surface area (Å²) in [6, 6.07) is 5.89. The van der Waals surface area contributed by atoms with Gasteiger partial charge in [-0.2, -0.15) is 0 Å². The first kappa shape index (κ1) is 15.4. The lowest BCUT2D eigenvalue weighted by atomic mass is 10.1. The number of rotatable bonds is 5. The highest BCUT2D eigenvalue weighted by Crippen LogP contribution is 2.32. The minimum Gasteiger partial charge on any atom is -0.375 e. The summed E-state index contributed by atoms with van der Waals surface area (Å²) in [7, 11) is 1.54. The lowest BCUT2D eigenvalue weighted by Crippen LogP contribution is -2.54. The average Bonchev–Trinajstić information content (AvgIpc) is 2.97. The maximum Gasteiger partial charge on any atom is 0.248 e. The lowest BCUT2D eigenvalue weighted by Gasteiger charge is -2.39. The summed E-state index contributed by atoms with van der Waals surface area (Å²) in [6.45, 7) is 1.79. The fourth-order valence-corrected chi connectivity index (χ4v) is 3.29. The van der Waals surface area contributed by atoms with Crippen LogP contribution in [0.4, 0.5) is 0 Å². The summed E-state index contributed by atoms with van der Waals surface area (Å²) in [4.78, 5) is 18.3. The van der Waals surface area contributed by atoms with E-state index in [0.29, 0.717) is 19.8 Å². The summed E-state index contributed by atoms with van der Waals surface area (Å²) in [5.41, 5.74) is 0.911. The van der Waals surface area contributed by atoms with Crippen LogP contribution in [0.5, 0.6) is 0 Å². The zero-order chi connectivity index (χ0) is 15.4. The van der Waals surface area contributed by atoms with Crippen LogP contribution in [-0.4, -0.2) is 60.9 Å². The van der Waals surface area contributed by atoms with Gasteiger partial charge < -0.3 is 19.1 Å². The van der Waals surface area contributed by atoms with E-state index in [2.05, 4.69) is 4.98 Å². The number of aromatic nitrogens is 1. The molecule has 3 atom stereocenters. The largest absolute Gasteiger partial charge is 0.375 e. The van der Waals surface area contributed by atoms with Gasteiger partial charge >= 0.3 is 0 Å². The molecule has 1 aromatic heterocycles. The van der Waals surface area contributed by atoms with Crippen molar-refractivity contribution in [2.24, 2.45) is 0 Å². The number of amides is 1. The topological polar surface area (TPSA) is 60.9 Å². The second-order valence-electron chi connectivity index (χ2n) is 5.67. The number of ether oxygens (including phenoxy) is 3. The molecule has 22 heavy (non-hydrogen) atoms. The Morgan fingerprint density at radius 1 is 1.45 bits per heavy atom. The number of morpholine rings is 1. The Bertz CT molecular complexity index is 496. The van der Waals surface area contributed by atoms with Gasteiger partial charge in [0, 0.05) is 19.9 Å². The SMILES string of the molecule is COCC(=O)N1CCO[C@H]2[C@H](OCc3ccccn3)CC[C@@H]21. The monoisotopic (exact) mass is 306 g/mol. The van der Waals surface area contributed by atoms with Crippen molar-refractivity contribution in [1.29, 1.82) is 0 Å². The normalized spacial score (nSPS) is 27.7. The Labute approximate surface area is 130 Å². The minimum absolute atomic E-state index is 0.0187. The van der Waals surface area contributed by atoms with Gasteiger partial charge in [0.05, 0.1) is 31.1 Å². The van der Waals surface area contributed by atoms with Gasteiger partial charge in [0.2, 0.25) is 5.91 Å². The van der Waals surface area contributed by atoms with Crippen molar-refractivity contribution in [3.05, 3.63) is 30.1 Å². The molecule has 1 aliphatic heterocycles. The number of hydrogen-bond donors (Lipinski definition) is 0. The van der Waals surface area contributed by atoms with Gasteiger partial charge in [0.1, 0.15) is 12.7 Å². The molecule has 0 N–H and O–H groups in total. The summed E-state index contributed by atoms with van der Waals surface area (Å²) in [6.07, 6.45) is 3.55. The standard InChI is InChI=1S/C16H22N2O4/c1-20-11-15(19)18-8-9-21-16-13(18)5-6-14(16)22-10-12-4-2-3-7-17-12/h2-4,7,13-14,16H,5-6,8-11H2,1H3/t13-,14+,16+/m0/s1. The van der Waals surface area contributed by atoms with Crippen molar-refractivity contribution in [3.8, 4) is 0 Å². The van der Waals surface area contributed by atoms with Crippen LogP contribution >= 0.6 is 0 Å². The van der Waals surface area contributed by atoms with Gasteiger partial charge in [-0.25, -0.2) is 0 Å². The molecule has 2 fully saturated rings. The second kappa shape index (κ2) is 7.17. The number of hydrogen-bond acceptors (Lipinski definition) is 5. The third-order valence-corrected chi connectivity index (χ3v) is 4.30. The molecule has 6 heteroatoms. The molecule has 0 aromatic carbocycles. The molecule has 2 aliphatic rings. The fourth-order valence-electron chi connectivity index (χ4n) is 3.29. The molecule has 120 valence electrons. The van der Waals surface area contributed by atoms with Crippen molar-refractivity contribution in [2.75, 3.05) is 26.9 Å². The third kappa shape index (κ3) is 3.29. The number of pyridine rings is 1. The van der Waals surface area contributed by atoms with Crippen molar-refractivity contribution in [1.82, 2.24) is 9.88 Å². The highest BCUT2D eigenvalue weighted by Gasteiger charge is 2.44. The van der Waals surface area contributed by atoms with E-state index in [1.807, 2.05) is 23.1 Å². The molecule has 1 saturated heterocycles. The maximum absolute atomic E-state index is 12.1. The highest BCUT2D eigenvalue weighted by atomic mass is 16.5. The number of methoxy groups -OCH3 is 1. The zero-order valence-electron chi connectivity index (χ0n) is 12.8. The molecule has 1 aliphatic carbocycles. The molecule has 6 nitrogen and oxygen atoms in total. The summed E-state index contributed by atoms with van der Waals surface area (Å²) in [5, 5.41) is 0. The molecular formula is C16H22N2O4. The first-order valence-electron chi connectivity index (χ1n) is 7.71. The van der Waals surface area contributed by atoms with E-state index in [-0.39, 0.29) is 30.8 Å². The maximum atomic E-state index is 12.1. The first-order valence-corrected chi connectivity index (χ1v) is 7.71. The molecular weight excluding hydrogens is 284 g/mol. The first-order chi connectivity index (χ1) is 10.8. The summed E-state index contributed by atoms with van der Waals surface area (Å²) in [5.74, 6) is 0.0335. The van der Waals surface area contributed by atoms with Gasteiger partial charge in [-0.05, 0) is 25.0 Å². The van der Waals surface area contributed by atoms with E-state index >= 15 is 0 Å². The second-order valence-corrected chi connectivity index (χ2v) is 5.67. The molecule has 3 rings (SSSR count). The van der Waals surface area contributed by atoms with Crippen molar-refractivity contribution in [2.45, 2.75) is 37.7 Å². The van der Waals surface area contributed by atoms with E-state index in [0.717, 1.165) is 18.5 Å². The zero-order valence-corrected chi connectivity index (χ0v) is 12.8. The minimum atomic E-state index is -0.0433. The Morgan fingerprint density at radius 2 is 2.36 bits per heavy atom. The Hall–Kier alpha value is -1.50. The van der Waals surface area contributed by atoms with Crippen LogP contribution in [0.25, 0.3) is 0 Å². The molecule has 0 radical (unpaired) electrons. The fraction of sp³-hybridized carbons (Fsp3) is 0.625. The Kier molecular flexibility index (Phi) is 5.02. The van der Waals surface area contributed by atoms with Gasteiger partial charge in [0.25, 0.3) is 0 Å². The average molecular weight is 306 g/mol. The van der Waals surface area contributed by atoms with Crippen LogP contribution in [0, 0.1) is 0 Å². The predicted octanol–water partition coefficient (Wildman–Crippen LogP) is 1.00. The van der Waals surface area contributed by atoms with Crippen LogP contribution in [0.2, 0.25) is 0 Å². The Balaban J connectivity index is 1.59. The number of fused-ring (bicyclic) bond motifs is 1. The van der Waals surface area contributed by atoms with Gasteiger partial charge in [-0.3, -0.25) is 9.78 Å². The van der Waals surface area contributed by atoms with Gasteiger partial charge in [-0.1, -0.05) is 6.07 Å². The Morgan fingerprint density at radius 3 is 3.14 bits per heavy atom. The lowest BCUT2D eigenvalue weighted by molar-refractivity contribution is -0.155. The van der Waals surface area contributed by atoms with Crippen LogP contribution in [0.15, 0.2) is 24.4 Å². The molecule has 0 spiro atoms. The van der Waals surface area contributed by atoms with E-state index in [1.165, 1.54) is 0 Å². The molecule has 1 saturated carbocycles. The number of carbonyl (C=O) groups is 1. The number of nitrogens with zero attached hydrogens (tertiary/aromatic N) is 2. The molecule has 0 bridgehead atoms. The van der Waals surface area contributed by atoms with Crippen LogP contribution in [-0.2, 0) is 25.6 Å². The molecule has 1 amide bonds. The molecule has 1 aromatic rings. The van der Waals surface area contributed by atoms with Crippen LogP contribution in [0.3, 0.4) is 0 Å². The molecule has 2 heterocycles. The van der Waals surface area contributed by atoms with Crippen molar-refractivity contribution in [3.63, 3.8) is 0 Å². The number of carbonyl (C=O) groups excluding carboxylic acids is 1. The van der Waals surface area contributed by atoms with E-state index in [4.69, 9.17) is 14.2 Å². The third-order valence-electron chi connectivity index (χ3n) is 4.30. The molecule has 0 unspecified atom stereocenters. The summed E-state index contributed by atoms with van der Waals surface area (Å²) < 4.78 is 16.8. The van der Waals surface area contributed by atoms with Crippen LogP contribution in [0.1, 0.15) is 18.5 Å². The summed E-state index contributed by atoms with van der Waals surface area (Å²) >= 11 is 0. The van der Waals surface area contributed by atoms with Gasteiger partial charge in [0.15, 0.2) is 0 Å². The van der Waals surface area contributed by atoms with E-state index in [9.17, 15) is 4.79 Å². The van der Waals surface area contributed by atoms with Crippen molar-refractivity contribution >= 4 is 5.91 Å². The van der Waals surface area contributed by atoms with E-state index in [1.54, 1.807) is 13.3 Å². The van der Waals surface area contributed by atoms with Crippen molar-refractivity contribution < 1.29 is 19.0 Å². The quantitative estimate of drug-likeness (QED) is 0.812. The predicted molar refractivity (Wildman–Crippen MR) is 79.2 cm³/mol. The highest BCUT2D eigenvalue weighted by molar-refractivity contribution is 5.78. The van der Waals surface area contributed by atoms with E-state index < -0.39 is 0 Å². The van der Waals surface area contributed by atoms with Crippen LogP contribution < -0.4 is 0 Å².